The summed E-state index contributed by atoms with van der Waals surface area (Å²) in [5.74, 6) is 0.215. The van der Waals surface area contributed by atoms with Crippen LogP contribution in [0.25, 0.3) is 0 Å². The number of hydrogen-bond acceptors (Lipinski definition) is 2. The van der Waals surface area contributed by atoms with Gasteiger partial charge in [0.25, 0.3) is 0 Å². The fourth-order valence-electron chi connectivity index (χ4n) is 0.530. The first-order valence-electron chi connectivity index (χ1n) is 3.27. The molecule has 0 N–H and O–H groups in total. The molecule has 0 heterocycles. The third kappa shape index (κ3) is 5.50. The first kappa shape index (κ1) is 8.63. The van der Waals surface area contributed by atoms with Gasteiger partial charge in [0.15, 0.2) is 0 Å². The lowest BCUT2D eigenvalue weighted by atomic mass is 10.1. The minimum atomic E-state index is 0.215. The van der Waals surface area contributed by atoms with Gasteiger partial charge in [0.05, 0.1) is 0 Å². The Bertz CT molecular complexity index is 81.0. The Morgan fingerprint density at radius 1 is 1.56 bits per heavy atom. The zero-order valence-electron chi connectivity index (χ0n) is 6.42. The molecule has 0 saturated heterocycles. The maximum Gasteiger partial charge on any atom is 0.122 e. The monoisotopic (exact) mass is 129 g/mol. The molecule has 9 heavy (non-hydrogen) atoms. The Hall–Kier alpha value is -0.370. The number of carbonyl (C=O) groups is 1. The lowest BCUT2D eigenvalue weighted by molar-refractivity contribution is -0.110. The zero-order chi connectivity index (χ0) is 7.28. The molecule has 1 atom stereocenters. The number of rotatable bonds is 4. The van der Waals surface area contributed by atoms with E-state index in [1.165, 1.54) is 0 Å². The summed E-state index contributed by atoms with van der Waals surface area (Å²) in [4.78, 5) is 12.2. The van der Waals surface area contributed by atoms with Gasteiger partial charge in [-0.25, -0.2) is 0 Å². The molecule has 0 fully saturated rings. The van der Waals surface area contributed by atoms with E-state index in [1.807, 2.05) is 21.0 Å². The van der Waals surface area contributed by atoms with Gasteiger partial charge in [-0.2, -0.15) is 0 Å². The first-order valence-corrected chi connectivity index (χ1v) is 3.27. The van der Waals surface area contributed by atoms with Gasteiger partial charge in [0.2, 0.25) is 0 Å². The fraction of sp³-hybridized carbons (Fsp3) is 0.857. The van der Waals surface area contributed by atoms with Crippen molar-refractivity contribution in [3.63, 3.8) is 0 Å². The largest absolute Gasteiger partial charge is 0.309 e. The predicted molar refractivity (Wildman–Crippen MR) is 38.4 cm³/mol. The van der Waals surface area contributed by atoms with Crippen LogP contribution < -0.4 is 0 Å². The van der Waals surface area contributed by atoms with Gasteiger partial charge in [-0.3, -0.25) is 0 Å². The number of hydrogen-bond donors (Lipinski definition) is 0. The molecule has 0 aromatic heterocycles. The molecular formula is C7H15NO. The highest BCUT2D eigenvalue weighted by Crippen LogP contribution is 1.96. The van der Waals surface area contributed by atoms with Gasteiger partial charge in [0.1, 0.15) is 6.29 Å². The van der Waals surface area contributed by atoms with Gasteiger partial charge in [0, 0.05) is 5.92 Å². The van der Waals surface area contributed by atoms with Gasteiger partial charge >= 0.3 is 0 Å². The summed E-state index contributed by atoms with van der Waals surface area (Å²) >= 11 is 0. The first-order chi connectivity index (χ1) is 4.16. The summed E-state index contributed by atoms with van der Waals surface area (Å²) in [5.41, 5.74) is 0. The van der Waals surface area contributed by atoms with Gasteiger partial charge in [-0.15, -0.1) is 0 Å². The fourth-order valence-corrected chi connectivity index (χ4v) is 0.530. The van der Waals surface area contributed by atoms with Crippen LogP contribution >= 0.6 is 0 Å². The quantitative estimate of drug-likeness (QED) is 0.523. The van der Waals surface area contributed by atoms with E-state index in [0.29, 0.717) is 0 Å². The third-order valence-corrected chi connectivity index (χ3v) is 1.26. The van der Waals surface area contributed by atoms with Crippen molar-refractivity contribution >= 4 is 6.29 Å². The van der Waals surface area contributed by atoms with E-state index >= 15 is 0 Å². The molecule has 2 nitrogen and oxygen atoms in total. The van der Waals surface area contributed by atoms with E-state index in [-0.39, 0.29) is 5.92 Å². The molecule has 0 aromatic rings. The molecule has 0 aromatic carbocycles. The summed E-state index contributed by atoms with van der Waals surface area (Å²) in [6.07, 6.45) is 1.97. The van der Waals surface area contributed by atoms with Crippen LogP contribution in [0.15, 0.2) is 0 Å². The van der Waals surface area contributed by atoms with E-state index < -0.39 is 0 Å². The SMILES string of the molecule is CC(C=O)CCN(C)C. The van der Waals surface area contributed by atoms with E-state index in [0.717, 1.165) is 19.3 Å². The van der Waals surface area contributed by atoms with Crippen LogP contribution in [-0.2, 0) is 4.79 Å². The molecule has 0 amide bonds. The van der Waals surface area contributed by atoms with Crippen LogP contribution in [0.2, 0.25) is 0 Å². The summed E-state index contributed by atoms with van der Waals surface area (Å²) in [7, 11) is 4.02. The van der Waals surface area contributed by atoms with Gasteiger partial charge < -0.3 is 9.69 Å². The molecule has 0 aliphatic rings. The van der Waals surface area contributed by atoms with Gasteiger partial charge in [-0.05, 0) is 27.1 Å². The van der Waals surface area contributed by atoms with Crippen molar-refractivity contribution in [2.75, 3.05) is 20.6 Å². The van der Waals surface area contributed by atoms with E-state index in [1.54, 1.807) is 0 Å². The molecule has 0 spiro atoms. The van der Waals surface area contributed by atoms with Crippen molar-refractivity contribution < 1.29 is 4.79 Å². The predicted octanol–water partition coefficient (Wildman–Crippen LogP) is 0.773. The maximum absolute atomic E-state index is 10.1. The summed E-state index contributed by atoms with van der Waals surface area (Å²) in [6.45, 7) is 2.94. The second kappa shape index (κ2) is 4.50. The van der Waals surface area contributed by atoms with Crippen LogP contribution in [0.1, 0.15) is 13.3 Å². The van der Waals surface area contributed by atoms with Crippen molar-refractivity contribution in [2.45, 2.75) is 13.3 Å². The second-order valence-electron chi connectivity index (χ2n) is 2.71. The van der Waals surface area contributed by atoms with Crippen molar-refractivity contribution in [2.24, 2.45) is 5.92 Å². The molecule has 0 radical (unpaired) electrons. The summed E-state index contributed by atoms with van der Waals surface area (Å²) in [5, 5.41) is 0. The zero-order valence-corrected chi connectivity index (χ0v) is 6.42. The average molecular weight is 129 g/mol. The highest BCUT2D eigenvalue weighted by Gasteiger charge is 1.98. The standard InChI is InChI=1S/C7H15NO/c1-7(6-9)4-5-8(2)3/h6-7H,4-5H2,1-3H3. The van der Waals surface area contributed by atoms with Crippen LogP contribution in [0.3, 0.4) is 0 Å². The van der Waals surface area contributed by atoms with Crippen LogP contribution in [0.5, 0.6) is 0 Å². The lowest BCUT2D eigenvalue weighted by Gasteiger charge is -2.09. The smallest absolute Gasteiger partial charge is 0.122 e. The molecule has 0 aliphatic carbocycles. The molecule has 0 rings (SSSR count). The molecule has 0 saturated carbocycles. The van der Waals surface area contributed by atoms with Crippen LogP contribution in [-0.4, -0.2) is 31.8 Å². The Morgan fingerprint density at radius 3 is 2.44 bits per heavy atom. The molecule has 2 heteroatoms. The van der Waals surface area contributed by atoms with E-state index in [4.69, 9.17) is 0 Å². The van der Waals surface area contributed by atoms with Crippen LogP contribution in [0, 0.1) is 5.92 Å². The topological polar surface area (TPSA) is 20.3 Å². The number of nitrogens with zero attached hydrogens (tertiary/aromatic N) is 1. The third-order valence-electron chi connectivity index (χ3n) is 1.26. The molecule has 54 valence electrons. The lowest BCUT2D eigenvalue weighted by Crippen LogP contribution is -2.15. The Morgan fingerprint density at radius 2 is 2.11 bits per heavy atom. The Kier molecular flexibility index (Phi) is 4.32. The molecule has 1 unspecified atom stereocenters. The van der Waals surface area contributed by atoms with Crippen molar-refractivity contribution in [3.05, 3.63) is 0 Å². The van der Waals surface area contributed by atoms with E-state index in [9.17, 15) is 4.79 Å². The Balaban J connectivity index is 3.16. The minimum Gasteiger partial charge on any atom is -0.309 e. The summed E-state index contributed by atoms with van der Waals surface area (Å²) < 4.78 is 0. The second-order valence-corrected chi connectivity index (χ2v) is 2.71. The average Bonchev–Trinajstić information content (AvgIpc) is 1.83. The molecular weight excluding hydrogens is 114 g/mol. The number of carbonyl (C=O) groups excluding carboxylic acids is 1. The molecule has 0 bridgehead atoms. The van der Waals surface area contributed by atoms with Crippen LogP contribution in [0.4, 0.5) is 0 Å². The molecule has 0 aliphatic heterocycles. The number of aldehydes is 1. The van der Waals surface area contributed by atoms with Crippen molar-refractivity contribution in [1.82, 2.24) is 4.90 Å². The summed E-state index contributed by atoms with van der Waals surface area (Å²) in [6, 6.07) is 0. The Labute approximate surface area is 56.9 Å². The minimum absolute atomic E-state index is 0.215. The highest BCUT2D eigenvalue weighted by atomic mass is 16.1. The van der Waals surface area contributed by atoms with Gasteiger partial charge in [-0.1, -0.05) is 6.92 Å². The van der Waals surface area contributed by atoms with E-state index in [2.05, 4.69) is 4.90 Å². The maximum atomic E-state index is 10.1. The normalized spacial score (nSPS) is 13.8. The van der Waals surface area contributed by atoms with Crippen molar-refractivity contribution in [1.29, 1.82) is 0 Å². The van der Waals surface area contributed by atoms with Crippen molar-refractivity contribution in [3.8, 4) is 0 Å². The highest BCUT2D eigenvalue weighted by molar-refractivity contribution is 5.52.